The van der Waals surface area contributed by atoms with Gasteiger partial charge in [-0.3, -0.25) is 0 Å². The summed E-state index contributed by atoms with van der Waals surface area (Å²) in [6.45, 7) is 7.70. The third-order valence-electron chi connectivity index (χ3n) is 5.18. The number of rotatable bonds is 4. The van der Waals surface area contributed by atoms with Gasteiger partial charge in [0, 0.05) is 13.1 Å². The van der Waals surface area contributed by atoms with Gasteiger partial charge in [0.15, 0.2) is 0 Å². The molecule has 1 unspecified atom stereocenters. The van der Waals surface area contributed by atoms with E-state index >= 15 is 0 Å². The quantitative estimate of drug-likeness (QED) is 0.841. The van der Waals surface area contributed by atoms with E-state index in [1.54, 1.807) is 0 Å². The largest absolute Gasteiger partial charge is 0.465 e. The van der Waals surface area contributed by atoms with Crippen molar-refractivity contribution in [3.8, 4) is 0 Å². The van der Waals surface area contributed by atoms with Crippen LogP contribution in [0.1, 0.15) is 27.2 Å². The highest BCUT2D eigenvalue weighted by molar-refractivity contribution is 6.99. The summed E-state index contributed by atoms with van der Waals surface area (Å²) in [5, 5.41) is 11.7. The number of likely N-dealkylation sites (tertiary alicyclic amines) is 1. The molecular formula is C21H27NO3Si. The second-order valence-corrected chi connectivity index (χ2v) is 12.2. The summed E-state index contributed by atoms with van der Waals surface area (Å²) in [7, 11) is -2.60. The molecule has 4 nitrogen and oxygen atoms in total. The lowest BCUT2D eigenvalue weighted by Crippen LogP contribution is -2.67. The van der Waals surface area contributed by atoms with Crippen LogP contribution in [0.2, 0.25) is 5.04 Å². The molecule has 138 valence electrons. The monoisotopic (exact) mass is 369 g/mol. The first-order valence-electron chi connectivity index (χ1n) is 9.11. The first kappa shape index (κ1) is 18.7. The molecule has 0 radical (unpaired) electrons. The van der Waals surface area contributed by atoms with Gasteiger partial charge in [0.25, 0.3) is 8.32 Å². The lowest BCUT2D eigenvalue weighted by atomic mass is 10.2. The van der Waals surface area contributed by atoms with E-state index in [1.165, 1.54) is 15.3 Å². The molecule has 1 fully saturated rings. The Kier molecular flexibility index (Phi) is 5.21. The molecule has 2 aromatic rings. The summed E-state index contributed by atoms with van der Waals surface area (Å²) in [6, 6.07) is 20.9. The fourth-order valence-electron chi connectivity index (χ4n) is 3.94. The van der Waals surface area contributed by atoms with Crippen LogP contribution in [0.3, 0.4) is 0 Å². The van der Waals surface area contributed by atoms with Crippen LogP contribution in [-0.4, -0.2) is 43.6 Å². The molecule has 26 heavy (non-hydrogen) atoms. The van der Waals surface area contributed by atoms with Gasteiger partial charge in [-0.15, -0.1) is 0 Å². The summed E-state index contributed by atoms with van der Waals surface area (Å²) in [5.41, 5.74) is 0. The van der Waals surface area contributed by atoms with Crippen LogP contribution >= 0.6 is 0 Å². The minimum absolute atomic E-state index is 0.0718. The molecule has 0 saturated carbocycles. The molecule has 1 heterocycles. The highest BCUT2D eigenvalue weighted by Gasteiger charge is 2.52. The highest BCUT2D eigenvalue weighted by atomic mass is 28.4. The van der Waals surface area contributed by atoms with E-state index in [0.29, 0.717) is 13.1 Å². The van der Waals surface area contributed by atoms with Crippen molar-refractivity contribution in [1.82, 2.24) is 4.90 Å². The van der Waals surface area contributed by atoms with Crippen LogP contribution in [0, 0.1) is 0 Å². The zero-order valence-corrected chi connectivity index (χ0v) is 16.7. The average Bonchev–Trinajstić information content (AvgIpc) is 3.09. The molecule has 0 aromatic heterocycles. The molecule has 5 heteroatoms. The number of benzene rings is 2. The predicted octanol–water partition coefficient (Wildman–Crippen LogP) is 3.32. The van der Waals surface area contributed by atoms with E-state index in [-0.39, 0.29) is 11.1 Å². The third-order valence-corrected chi connectivity index (χ3v) is 10.3. The minimum atomic E-state index is -2.60. The Hall–Kier alpha value is -2.11. The maximum absolute atomic E-state index is 11.3. The molecule has 1 saturated heterocycles. The van der Waals surface area contributed by atoms with E-state index in [9.17, 15) is 9.90 Å². The van der Waals surface area contributed by atoms with Crippen LogP contribution in [-0.2, 0) is 4.43 Å². The van der Waals surface area contributed by atoms with Gasteiger partial charge in [-0.25, -0.2) is 4.79 Å². The first-order chi connectivity index (χ1) is 12.3. The van der Waals surface area contributed by atoms with Crippen molar-refractivity contribution in [2.75, 3.05) is 13.1 Å². The molecule has 1 N–H and O–H groups in total. The van der Waals surface area contributed by atoms with Crippen molar-refractivity contribution in [2.45, 2.75) is 38.3 Å². The standard InChI is InChI=1S/C21H27NO3Si/c1-21(2,3)26(18-10-6-4-7-11-18,19-12-8-5-9-13-19)25-17-14-15-22(16-17)20(23)24/h4-13,17H,14-16H2,1-3H3,(H,23,24). The summed E-state index contributed by atoms with van der Waals surface area (Å²) >= 11 is 0. The van der Waals surface area contributed by atoms with Crippen LogP contribution < -0.4 is 10.4 Å². The molecular weight excluding hydrogens is 342 g/mol. The number of carboxylic acid groups (broad SMARTS) is 1. The number of nitrogens with zero attached hydrogens (tertiary/aromatic N) is 1. The van der Waals surface area contributed by atoms with Gasteiger partial charge in [-0.2, -0.15) is 0 Å². The van der Waals surface area contributed by atoms with Gasteiger partial charge in [0.2, 0.25) is 0 Å². The van der Waals surface area contributed by atoms with Gasteiger partial charge in [-0.05, 0) is 21.8 Å². The fraction of sp³-hybridized carbons (Fsp3) is 0.381. The normalized spacial score (nSPS) is 18.1. The second kappa shape index (κ2) is 7.25. The third kappa shape index (κ3) is 3.41. The Balaban J connectivity index is 2.08. The number of hydrogen-bond acceptors (Lipinski definition) is 2. The van der Waals surface area contributed by atoms with Crippen LogP contribution in [0.4, 0.5) is 4.79 Å². The number of amides is 1. The molecule has 1 aliphatic heterocycles. The first-order valence-corrected chi connectivity index (χ1v) is 11.0. The van der Waals surface area contributed by atoms with Crippen molar-refractivity contribution in [3.05, 3.63) is 60.7 Å². The summed E-state index contributed by atoms with van der Waals surface area (Å²) < 4.78 is 6.95. The number of carbonyl (C=O) groups is 1. The lowest BCUT2D eigenvalue weighted by Gasteiger charge is -2.44. The van der Waals surface area contributed by atoms with Crippen LogP contribution in [0.15, 0.2) is 60.7 Å². The van der Waals surface area contributed by atoms with Crippen LogP contribution in [0.25, 0.3) is 0 Å². The van der Waals surface area contributed by atoms with E-state index in [1.807, 2.05) is 12.1 Å². The van der Waals surface area contributed by atoms with Crippen molar-refractivity contribution < 1.29 is 14.3 Å². The van der Waals surface area contributed by atoms with Crippen molar-refractivity contribution in [1.29, 1.82) is 0 Å². The highest BCUT2D eigenvalue weighted by Crippen LogP contribution is 2.38. The summed E-state index contributed by atoms with van der Waals surface area (Å²) in [6.07, 6.45) is -0.187. The van der Waals surface area contributed by atoms with Gasteiger partial charge in [-0.1, -0.05) is 81.4 Å². The van der Waals surface area contributed by atoms with Crippen molar-refractivity contribution >= 4 is 24.8 Å². The molecule has 1 atom stereocenters. The second-order valence-electron chi connectivity index (χ2n) is 7.92. The average molecular weight is 370 g/mol. The Bertz CT molecular complexity index is 703. The molecule has 0 bridgehead atoms. The topological polar surface area (TPSA) is 49.8 Å². The van der Waals surface area contributed by atoms with Crippen molar-refractivity contribution in [2.24, 2.45) is 0 Å². The molecule has 0 aliphatic carbocycles. The molecule has 3 rings (SSSR count). The van der Waals surface area contributed by atoms with Crippen molar-refractivity contribution in [3.63, 3.8) is 0 Å². The Labute approximate surface area is 156 Å². The Morgan fingerprint density at radius 1 is 1.04 bits per heavy atom. The molecule has 1 aliphatic rings. The smallest absolute Gasteiger partial charge is 0.407 e. The van der Waals surface area contributed by atoms with Crippen LogP contribution in [0.5, 0.6) is 0 Å². The Morgan fingerprint density at radius 2 is 1.54 bits per heavy atom. The van der Waals surface area contributed by atoms with Gasteiger partial charge >= 0.3 is 6.09 Å². The van der Waals surface area contributed by atoms with Gasteiger partial charge in [0.1, 0.15) is 0 Å². The van der Waals surface area contributed by atoms with Gasteiger partial charge in [0.05, 0.1) is 6.10 Å². The fourth-order valence-corrected chi connectivity index (χ4v) is 8.65. The molecule has 1 amide bonds. The maximum atomic E-state index is 11.3. The summed E-state index contributed by atoms with van der Waals surface area (Å²) in [5.74, 6) is 0. The Morgan fingerprint density at radius 3 is 1.92 bits per heavy atom. The zero-order valence-electron chi connectivity index (χ0n) is 15.7. The number of hydrogen-bond donors (Lipinski definition) is 1. The zero-order chi connectivity index (χ0) is 18.8. The minimum Gasteiger partial charge on any atom is -0.465 e. The van der Waals surface area contributed by atoms with Gasteiger partial charge < -0.3 is 14.4 Å². The maximum Gasteiger partial charge on any atom is 0.407 e. The molecule has 0 spiro atoms. The summed E-state index contributed by atoms with van der Waals surface area (Å²) in [4.78, 5) is 12.8. The van der Waals surface area contributed by atoms with E-state index in [4.69, 9.17) is 4.43 Å². The lowest BCUT2D eigenvalue weighted by molar-refractivity contribution is 0.143. The van der Waals surface area contributed by atoms with E-state index in [2.05, 4.69) is 69.3 Å². The predicted molar refractivity (Wildman–Crippen MR) is 107 cm³/mol. The SMILES string of the molecule is CC(C)(C)[Si](OC1CCN(C(=O)O)C1)(c1ccccc1)c1ccccc1. The van der Waals surface area contributed by atoms with E-state index < -0.39 is 14.4 Å². The van der Waals surface area contributed by atoms with E-state index in [0.717, 1.165) is 6.42 Å². The molecule has 2 aromatic carbocycles.